The third-order valence-corrected chi connectivity index (χ3v) is 3.53. The van der Waals surface area contributed by atoms with E-state index >= 15 is 0 Å². The molecule has 0 atom stereocenters. The molecular formula is C20H24N2O2. The van der Waals surface area contributed by atoms with E-state index in [9.17, 15) is 4.79 Å². The lowest BCUT2D eigenvalue weighted by Crippen LogP contribution is -2.17. The highest BCUT2D eigenvalue weighted by atomic mass is 16.5. The fourth-order valence-corrected chi connectivity index (χ4v) is 2.12. The summed E-state index contributed by atoms with van der Waals surface area (Å²) in [4.78, 5) is 11.8. The number of unbranched alkanes of at least 4 members (excludes halogenated alkanes) is 1. The molecule has 24 heavy (non-hydrogen) atoms. The molecule has 0 saturated heterocycles. The van der Waals surface area contributed by atoms with Crippen LogP contribution in [0.2, 0.25) is 0 Å². The van der Waals surface area contributed by atoms with Crippen LogP contribution in [0.4, 0.5) is 0 Å². The number of carbonyl (C=O) groups is 1. The summed E-state index contributed by atoms with van der Waals surface area (Å²) in [6.07, 6.45) is 4.95. The van der Waals surface area contributed by atoms with Gasteiger partial charge in [0.25, 0.3) is 0 Å². The minimum absolute atomic E-state index is 0.0883. The van der Waals surface area contributed by atoms with Gasteiger partial charge in [-0.15, -0.1) is 0 Å². The lowest BCUT2D eigenvalue weighted by atomic mass is 10.1. The number of hydrogen-bond acceptors (Lipinski definition) is 3. The summed E-state index contributed by atoms with van der Waals surface area (Å²) in [7, 11) is 0. The van der Waals surface area contributed by atoms with E-state index in [4.69, 9.17) is 4.74 Å². The van der Waals surface area contributed by atoms with Crippen LogP contribution in [0.5, 0.6) is 5.75 Å². The number of nitrogens with zero attached hydrogens (tertiary/aromatic N) is 1. The van der Waals surface area contributed by atoms with Gasteiger partial charge in [-0.1, -0.05) is 43.7 Å². The predicted molar refractivity (Wildman–Crippen MR) is 97.3 cm³/mol. The van der Waals surface area contributed by atoms with Crippen molar-refractivity contribution in [3.05, 3.63) is 65.7 Å². The van der Waals surface area contributed by atoms with Crippen molar-refractivity contribution in [3.8, 4) is 5.75 Å². The second-order valence-corrected chi connectivity index (χ2v) is 5.55. The van der Waals surface area contributed by atoms with Gasteiger partial charge in [-0.2, -0.15) is 5.10 Å². The standard InChI is InChI=1S/C20H24N2O2/c1-2-3-15-24-19-12-9-18(10-13-19)16-21-22-20(23)14-11-17-7-5-4-6-8-17/h4-10,12-13,16H,2-3,11,14-15H2,1H3,(H,22,23)/b21-16-. The van der Waals surface area contributed by atoms with Crippen molar-refractivity contribution >= 4 is 12.1 Å². The Balaban J connectivity index is 1.71. The average molecular weight is 324 g/mol. The van der Waals surface area contributed by atoms with Gasteiger partial charge >= 0.3 is 0 Å². The first-order chi connectivity index (χ1) is 11.8. The van der Waals surface area contributed by atoms with E-state index in [1.165, 1.54) is 0 Å². The van der Waals surface area contributed by atoms with E-state index < -0.39 is 0 Å². The van der Waals surface area contributed by atoms with E-state index in [1.54, 1.807) is 6.21 Å². The van der Waals surface area contributed by atoms with Gasteiger partial charge in [0.15, 0.2) is 0 Å². The first kappa shape index (κ1) is 17.7. The Labute approximate surface area is 143 Å². The van der Waals surface area contributed by atoms with Crippen molar-refractivity contribution < 1.29 is 9.53 Å². The maximum Gasteiger partial charge on any atom is 0.240 e. The first-order valence-electron chi connectivity index (χ1n) is 8.36. The quantitative estimate of drug-likeness (QED) is 0.431. The Hall–Kier alpha value is -2.62. The van der Waals surface area contributed by atoms with Crippen LogP contribution in [-0.2, 0) is 11.2 Å². The summed E-state index contributed by atoms with van der Waals surface area (Å²) in [5.41, 5.74) is 4.62. The molecule has 0 unspecified atom stereocenters. The molecular weight excluding hydrogens is 300 g/mol. The molecule has 0 saturated carbocycles. The number of benzene rings is 2. The van der Waals surface area contributed by atoms with Gasteiger partial charge in [0, 0.05) is 6.42 Å². The molecule has 0 aromatic heterocycles. The van der Waals surface area contributed by atoms with Crippen LogP contribution in [0.15, 0.2) is 59.7 Å². The van der Waals surface area contributed by atoms with E-state index in [1.807, 2.05) is 54.6 Å². The van der Waals surface area contributed by atoms with E-state index in [0.717, 1.165) is 36.3 Å². The number of nitrogens with one attached hydrogen (secondary N) is 1. The summed E-state index contributed by atoms with van der Waals surface area (Å²) in [6.45, 7) is 2.87. The Bertz CT molecular complexity index is 636. The van der Waals surface area contributed by atoms with Crippen molar-refractivity contribution in [2.24, 2.45) is 5.10 Å². The van der Waals surface area contributed by atoms with Crippen LogP contribution in [0, 0.1) is 0 Å². The summed E-state index contributed by atoms with van der Waals surface area (Å²) < 4.78 is 5.60. The second-order valence-electron chi connectivity index (χ2n) is 5.55. The average Bonchev–Trinajstić information content (AvgIpc) is 2.62. The molecule has 0 fully saturated rings. The monoisotopic (exact) mass is 324 g/mol. The van der Waals surface area contributed by atoms with E-state index in [2.05, 4.69) is 17.5 Å². The van der Waals surface area contributed by atoms with Crippen LogP contribution in [-0.4, -0.2) is 18.7 Å². The Morgan fingerprint density at radius 3 is 2.58 bits per heavy atom. The molecule has 2 rings (SSSR count). The SMILES string of the molecule is CCCCOc1ccc(/C=N\NC(=O)CCc2ccccc2)cc1. The molecule has 2 aromatic carbocycles. The molecule has 0 aliphatic carbocycles. The number of carbonyl (C=O) groups excluding carboxylic acids is 1. The van der Waals surface area contributed by atoms with Crippen LogP contribution in [0.3, 0.4) is 0 Å². The summed E-state index contributed by atoms with van der Waals surface area (Å²) in [5, 5.41) is 3.99. The van der Waals surface area contributed by atoms with E-state index in [-0.39, 0.29) is 5.91 Å². The molecule has 2 aromatic rings. The zero-order valence-corrected chi connectivity index (χ0v) is 14.1. The second kappa shape index (κ2) is 10.2. The van der Waals surface area contributed by atoms with Crippen LogP contribution in [0.25, 0.3) is 0 Å². The Kier molecular flexibility index (Phi) is 7.54. The number of ether oxygens (including phenoxy) is 1. The Morgan fingerprint density at radius 2 is 1.88 bits per heavy atom. The van der Waals surface area contributed by atoms with Crippen LogP contribution in [0.1, 0.15) is 37.3 Å². The molecule has 0 radical (unpaired) electrons. The fourth-order valence-electron chi connectivity index (χ4n) is 2.12. The number of aryl methyl sites for hydroxylation is 1. The van der Waals surface area contributed by atoms with Gasteiger partial charge in [-0.05, 0) is 48.2 Å². The molecule has 0 aliphatic rings. The van der Waals surface area contributed by atoms with Crippen molar-refractivity contribution in [1.29, 1.82) is 0 Å². The topological polar surface area (TPSA) is 50.7 Å². The molecule has 0 aliphatic heterocycles. The van der Waals surface area contributed by atoms with Crippen LogP contribution < -0.4 is 10.2 Å². The Morgan fingerprint density at radius 1 is 1.12 bits per heavy atom. The summed E-state index contributed by atoms with van der Waals surface area (Å²) in [6, 6.07) is 17.6. The van der Waals surface area contributed by atoms with Gasteiger partial charge < -0.3 is 4.74 Å². The third-order valence-electron chi connectivity index (χ3n) is 3.53. The zero-order valence-electron chi connectivity index (χ0n) is 14.1. The van der Waals surface area contributed by atoms with Crippen LogP contribution >= 0.6 is 0 Å². The van der Waals surface area contributed by atoms with Gasteiger partial charge in [0.05, 0.1) is 12.8 Å². The lowest BCUT2D eigenvalue weighted by molar-refractivity contribution is -0.121. The smallest absolute Gasteiger partial charge is 0.240 e. The maximum absolute atomic E-state index is 11.8. The molecule has 4 heteroatoms. The molecule has 126 valence electrons. The molecule has 0 spiro atoms. The van der Waals surface area contributed by atoms with Gasteiger partial charge in [0.2, 0.25) is 5.91 Å². The highest BCUT2D eigenvalue weighted by Crippen LogP contribution is 2.11. The highest BCUT2D eigenvalue weighted by Gasteiger charge is 2.00. The van der Waals surface area contributed by atoms with Crippen molar-refractivity contribution in [1.82, 2.24) is 5.43 Å². The molecule has 4 nitrogen and oxygen atoms in total. The van der Waals surface area contributed by atoms with Crippen molar-refractivity contribution in [2.45, 2.75) is 32.6 Å². The van der Waals surface area contributed by atoms with Gasteiger partial charge in [-0.3, -0.25) is 4.79 Å². The number of hydrogen-bond donors (Lipinski definition) is 1. The largest absolute Gasteiger partial charge is 0.494 e. The molecule has 0 bridgehead atoms. The molecule has 1 N–H and O–H groups in total. The number of rotatable bonds is 9. The predicted octanol–water partition coefficient (Wildman–Crippen LogP) is 3.95. The summed E-state index contributed by atoms with van der Waals surface area (Å²) >= 11 is 0. The molecule has 0 heterocycles. The lowest BCUT2D eigenvalue weighted by Gasteiger charge is -2.05. The van der Waals surface area contributed by atoms with Gasteiger partial charge in [0.1, 0.15) is 5.75 Å². The maximum atomic E-state index is 11.8. The third kappa shape index (κ3) is 6.65. The zero-order chi connectivity index (χ0) is 17.0. The minimum Gasteiger partial charge on any atom is -0.494 e. The fraction of sp³-hybridized carbons (Fsp3) is 0.300. The van der Waals surface area contributed by atoms with E-state index in [0.29, 0.717) is 12.8 Å². The highest BCUT2D eigenvalue weighted by molar-refractivity contribution is 5.82. The van der Waals surface area contributed by atoms with Gasteiger partial charge in [-0.25, -0.2) is 5.43 Å². The number of amides is 1. The van der Waals surface area contributed by atoms with Crippen molar-refractivity contribution in [2.75, 3.05) is 6.61 Å². The summed E-state index contributed by atoms with van der Waals surface area (Å²) in [5.74, 6) is 0.766. The minimum atomic E-state index is -0.0883. The first-order valence-corrected chi connectivity index (χ1v) is 8.36. The normalized spacial score (nSPS) is 10.7. The molecule has 1 amide bonds. The van der Waals surface area contributed by atoms with Crippen molar-refractivity contribution in [3.63, 3.8) is 0 Å². The number of hydrazone groups is 1.